The highest BCUT2D eigenvalue weighted by Crippen LogP contribution is 2.11. The van der Waals surface area contributed by atoms with Gasteiger partial charge in [0, 0.05) is 12.1 Å². The minimum Gasteiger partial charge on any atom is -0.497 e. The van der Waals surface area contributed by atoms with E-state index in [0.29, 0.717) is 12.1 Å². The summed E-state index contributed by atoms with van der Waals surface area (Å²) in [5.74, 6) is 0.867. The van der Waals surface area contributed by atoms with Crippen LogP contribution in [0.2, 0.25) is 0 Å². The maximum atomic E-state index is 5.12. The summed E-state index contributed by atoms with van der Waals surface area (Å²) in [6.45, 7) is 8.58. The molecule has 0 aliphatic heterocycles. The number of hydrogen-bond acceptors (Lipinski definition) is 3. The molecule has 0 unspecified atom stereocenters. The summed E-state index contributed by atoms with van der Waals surface area (Å²) in [5, 5.41) is 6.60. The average Bonchev–Trinajstić information content (AvgIpc) is 2.29. The molecule has 0 bridgehead atoms. The molecule has 1 rings (SSSR count). The van der Waals surface area contributed by atoms with E-state index >= 15 is 0 Å². The summed E-state index contributed by atoms with van der Waals surface area (Å²) in [6, 6.07) is 8.70. The molecule has 3 nitrogen and oxygen atoms in total. The molecule has 0 aliphatic rings. The highest BCUT2D eigenvalue weighted by Gasteiger charge is 2.08. The Kier molecular flexibility index (Phi) is 5.01. The van der Waals surface area contributed by atoms with Crippen LogP contribution in [0, 0.1) is 0 Å². The van der Waals surface area contributed by atoms with Gasteiger partial charge < -0.3 is 4.74 Å². The summed E-state index contributed by atoms with van der Waals surface area (Å²) >= 11 is 0. The van der Waals surface area contributed by atoms with Crippen molar-refractivity contribution in [3.05, 3.63) is 29.8 Å². The molecule has 1 aromatic carbocycles. The van der Waals surface area contributed by atoms with Gasteiger partial charge in [-0.2, -0.15) is 5.10 Å². The molecule has 1 aromatic rings. The Morgan fingerprint density at radius 3 is 2.00 bits per heavy atom. The van der Waals surface area contributed by atoms with Crippen LogP contribution in [0.15, 0.2) is 29.4 Å². The van der Waals surface area contributed by atoms with Crippen LogP contribution < -0.4 is 4.74 Å². The molecular weight excluding hydrogens is 212 g/mol. The molecule has 94 valence electrons. The summed E-state index contributed by atoms with van der Waals surface area (Å²) in [5.41, 5.74) is 1.08. The number of nitrogens with zero attached hydrogens (tertiary/aromatic N) is 2. The third-order valence-electron chi connectivity index (χ3n) is 2.51. The first-order valence-corrected chi connectivity index (χ1v) is 6.01. The molecule has 0 N–H and O–H groups in total. The second kappa shape index (κ2) is 6.28. The van der Waals surface area contributed by atoms with E-state index in [9.17, 15) is 0 Å². The van der Waals surface area contributed by atoms with Crippen LogP contribution in [0.25, 0.3) is 0 Å². The molecule has 0 saturated heterocycles. The lowest BCUT2D eigenvalue weighted by atomic mass is 10.2. The van der Waals surface area contributed by atoms with Crippen LogP contribution in [0.4, 0.5) is 0 Å². The van der Waals surface area contributed by atoms with E-state index in [1.165, 1.54) is 0 Å². The number of benzene rings is 1. The zero-order valence-electron chi connectivity index (χ0n) is 11.3. The van der Waals surface area contributed by atoms with Crippen LogP contribution in [-0.2, 0) is 0 Å². The Balaban J connectivity index is 2.74. The summed E-state index contributed by atoms with van der Waals surface area (Å²) in [4.78, 5) is 0. The predicted molar refractivity (Wildman–Crippen MR) is 72.7 cm³/mol. The molecule has 17 heavy (non-hydrogen) atoms. The van der Waals surface area contributed by atoms with Crippen LogP contribution in [0.5, 0.6) is 5.75 Å². The zero-order valence-corrected chi connectivity index (χ0v) is 11.3. The minimum absolute atomic E-state index is 0.407. The van der Waals surface area contributed by atoms with Crippen LogP contribution in [0.1, 0.15) is 33.3 Å². The van der Waals surface area contributed by atoms with Crippen molar-refractivity contribution in [1.82, 2.24) is 5.01 Å². The van der Waals surface area contributed by atoms with Crippen molar-refractivity contribution in [1.29, 1.82) is 0 Å². The third-order valence-corrected chi connectivity index (χ3v) is 2.51. The molecular formula is C14H22N2O. The normalized spacial score (nSPS) is 11.5. The average molecular weight is 234 g/mol. The number of hydrogen-bond donors (Lipinski definition) is 0. The second-order valence-electron chi connectivity index (χ2n) is 4.59. The fraction of sp³-hybridized carbons (Fsp3) is 0.500. The van der Waals surface area contributed by atoms with Gasteiger partial charge in [-0.15, -0.1) is 0 Å². The van der Waals surface area contributed by atoms with Gasteiger partial charge in [-0.3, -0.25) is 5.01 Å². The molecule has 0 amide bonds. The highest BCUT2D eigenvalue weighted by molar-refractivity contribution is 5.79. The molecule has 0 aromatic heterocycles. The van der Waals surface area contributed by atoms with E-state index in [1.807, 2.05) is 30.5 Å². The largest absolute Gasteiger partial charge is 0.497 e. The zero-order chi connectivity index (χ0) is 12.8. The Hall–Kier alpha value is -1.51. The van der Waals surface area contributed by atoms with E-state index in [4.69, 9.17) is 4.74 Å². The fourth-order valence-electron chi connectivity index (χ4n) is 1.69. The lowest BCUT2D eigenvalue weighted by Gasteiger charge is -2.27. The Morgan fingerprint density at radius 1 is 1.06 bits per heavy atom. The Morgan fingerprint density at radius 2 is 1.59 bits per heavy atom. The van der Waals surface area contributed by atoms with Crippen molar-refractivity contribution in [3.8, 4) is 5.75 Å². The van der Waals surface area contributed by atoms with E-state index in [2.05, 4.69) is 37.8 Å². The van der Waals surface area contributed by atoms with Crippen LogP contribution in [0.3, 0.4) is 0 Å². The predicted octanol–water partition coefficient (Wildman–Crippen LogP) is 3.15. The van der Waals surface area contributed by atoms with Crippen molar-refractivity contribution < 1.29 is 4.74 Å². The first-order chi connectivity index (χ1) is 8.04. The lowest BCUT2D eigenvalue weighted by molar-refractivity contribution is 0.185. The maximum Gasteiger partial charge on any atom is 0.118 e. The molecule has 0 fully saturated rings. The van der Waals surface area contributed by atoms with E-state index in [0.717, 1.165) is 11.3 Å². The van der Waals surface area contributed by atoms with Gasteiger partial charge in [0.05, 0.1) is 13.3 Å². The van der Waals surface area contributed by atoms with Gasteiger partial charge in [-0.25, -0.2) is 0 Å². The topological polar surface area (TPSA) is 24.8 Å². The Labute approximate surface area is 104 Å². The van der Waals surface area contributed by atoms with Crippen molar-refractivity contribution in [2.75, 3.05) is 7.11 Å². The smallest absolute Gasteiger partial charge is 0.118 e. The van der Waals surface area contributed by atoms with Crippen LogP contribution >= 0.6 is 0 Å². The number of hydrazone groups is 1. The first-order valence-electron chi connectivity index (χ1n) is 6.01. The molecule has 0 radical (unpaired) electrons. The maximum absolute atomic E-state index is 5.12. The summed E-state index contributed by atoms with van der Waals surface area (Å²) in [7, 11) is 1.67. The number of methoxy groups -OCH3 is 1. The van der Waals surface area contributed by atoms with Gasteiger partial charge in [0.25, 0.3) is 0 Å². The second-order valence-corrected chi connectivity index (χ2v) is 4.59. The molecule has 0 heterocycles. The monoisotopic (exact) mass is 234 g/mol. The number of rotatable bonds is 5. The van der Waals surface area contributed by atoms with Crippen molar-refractivity contribution in [3.63, 3.8) is 0 Å². The summed E-state index contributed by atoms with van der Waals surface area (Å²) < 4.78 is 5.12. The van der Waals surface area contributed by atoms with Gasteiger partial charge in [0.1, 0.15) is 5.75 Å². The molecule has 0 atom stereocenters. The van der Waals surface area contributed by atoms with Gasteiger partial charge in [-0.1, -0.05) is 0 Å². The lowest BCUT2D eigenvalue weighted by Crippen LogP contribution is -2.32. The van der Waals surface area contributed by atoms with Crippen molar-refractivity contribution in [2.24, 2.45) is 5.10 Å². The third kappa shape index (κ3) is 4.10. The van der Waals surface area contributed by atoms with E-state index < -0.39 is 0 Å². The van der Waals surface area contributed by atoms with Gasteiger partial charge in [0.15, 0.2) is 0 Å². The first kappa shape index (κ1) is 13.6. The highest BCUT2D eigenvalue weighted by atomic mass is 16.5. The standard InChI is InChI=1S/C14H22N2O/c1-11(2)16(12(3)4)15-10-13-6-8-14(17-5)9-7-13/h6-12H,1-5H3/b15-10-. The van der Waals surface area contributed by atoms with E-state index in [1.54, 1.807) is 7.11 Å². The summed E-state index contributed by atoms with van der Waals surface area (Å²) in [6.07, 6.45) is 1.89. The molecule has 0 spiro atoms. The van der Waals surface area contributed by atoms with Gasteiger partial charge in [0.2, 0.25) is 0 Å². The van der Waals surface area contributed by atoms with Gasteiger partial charge >= 0.3 is 0 Å². The quantitative estimate of drug-likeness (QED) is 0.577. The Bertz CT molecular complexity index is 347. The molecule has 0 saturated carbocycles. The van der Waals surface area contributed by atoms with Gasteiger partial charge in [-0.05, 0) is 57.5 Å². The molecule has 0 aliphatic carbocycles. The minimum atomic E-state index is 0.407. The van der Waals surface area contributed by atoms with Crippen molar-refractivity contribution in [2.45, 2.75) is 39.8 Å². The van der Waals surface area contributed by atoms with Crippen LogP contribution in [-0.4, -0.2) is 30.4 Å². The molecule has 3 heteroatoms. The van der Waals surface area contributed by atoms with E-state index in [-0.39, 0.29) is 0 Å². The SMILES string of the molecule is COc1ccc(/C=N\N(C(C)C)C(C)C)cc1. The fourth-order valence-corrected chi connectivity index (χ4v) is 1.69. The number of ether oxygens (including phenoxy) is 1. The van der Waals surface area contributed by atoms with Crippen molar-refractivity contribution >= 4 is 6.21 Å².